The Labute approximate surface area is 191 Å². The van der Waals surface area contributed by atoms with E-state index >= 15 is 0 Å². The van der Waals surface area contributed by atoms with Gasteiger partial charge in [-0.05, 0) is 40.8 Å². The van der Waals surface area contributed by atoms with Crippen molar-refractivity contribution in [3.8, 4) is 21.7 Å². The minimum absolute atomic E-state index is 0.401. The van der Waals surface area contributed by atoms with Gasteiger partial charge in [0.15, 0.2) is 0 Å². The Bertz CT molecular complexity index is 1210. The lowest BCUT2D eigenvalue weighted by Crippen LogP contribution is -2.27. The molecule has 4 rings (SSSR count). The van der Waals surface area contributed by atoms with Crippen LogP contribution in [0.25, 0.3) is 21.7 Å². The molecule has 9 heteroatoms. The van der Waals surface area contributed by atoms with Gasteiger partial charge in [0.1, 0.15) is 6.33 Å². The topological polar surface area (TPSA) is 77.8 Å². The van der Waals surface area contributed by atoms with Gasteiger partial charge in [0, 0.05) is 10.4 Å². The standard InChI is InChI=1S/C23H18ClF3N4S/c24-17-10-15(7-8-16(17)23(25,26)27)18-11-19(31-12-30-18)22(29)21(28)14-5-3-13(4-6-14)20-2-1-9-32-20/h1-12,21-22H,28-29H2. The lowest BCUT2D eigenvalue weighted by Gasteiger charge is -2.20. The van der Waals surface area contributed by atoms with Crippen molar-refractivity contribution in [2.45, 2.75) is 18.3 Å². The summed E-state index contributed by atoms with van der Waals surface area (Å²) < 4.78 is 38.9. The first kappa shape index (κ1) is 22.4. The quantitative estimate of drug-likeness (QED) is 0.358. The number of alkyl halides is 3. The van der Waals surface area contributed by atoms with Crippen LogP contribution in [0.5, 0.6) is 0 Å². The lowest BCUT2D eigenvalue weighted by atomic mass is 9.96. The van der Waals surface area contributed by atoms with Gasteiger partial charge in [-0.3, -0.25) is 0 Å². The van der Waals surface area contributed by atoms with E-state index in [4.69, 9.17) is 23.1 Å². The van der Waals surface area contributed by atoms with Gasteiger partial charge in [0.2, 0.25) is 0 Å². The summed E-state index contributed by atoms with van der Waals surface area (Å²) in [4.78, 5) is 9.53. The van der Waals surface area contributed by atoms with Crippen molar-refractivity contribution < 1.29 is 13.2 Å². The maximum atomic E-state index is 13.0. The van der Waals surface area contributed by atoms with Gasteiger partial charge in [0.25, 0.3) is 0 Å². The van der Waals surface area contributed by atoms with E-state index < -0.39 is 28.8 Å². The van der Waals surface area contributed by atoms with Crippen molar-refractivity contribution in [3.05, 3.63) is 94.2 Å². The maximum absolute atomic E-state index is 13.0. The highest BCUT2D eigenvalue weighted by Gasteiger charge is 2.33. The van der Waals surface area contributed by atoms with E-state index in [-0.39, 0.29) is 0 Å². The third kappa shape index (κ3) is 4.68. The summed E-state index contributed by atoms with van der Waals surface area (Å²) in [7, 11) is 0. The van der Waals surface area contributed by atoms with Crippen molar-refractivity contribution in [2.75, 3.05) is 0 Å². The summed E-state index contributed by atoms with van der Waals surface area (Å²) in [5.74, 6) is 0. The van der Waals surface area contributed by atoms with Crippen LogP contribution < -0.4 is 11.5 Å². The molecule has 0 radical (unpaired) electrons. The van der Waals surface area contributed by atoms with Gasteiger partial charge in [-0.25, -0.2) is 9.97 Å². The summed E-state index contributed by atoms with van der Waals surface area (Å²) >= 11 is 7.49. The summed E-state index contributed by atoms with van der Waals surface area (Å²) in [5, 5.41) is 1.61. The van der Waals surface area contributed by atoms with Crippen molar-refractivity contribution in [2.24, 2.45) is 11.5 Å². The van der Waals surface area contributed by atoms with Crippen LogP contribution in [0.2, 0.25) is 5.02 Å². The molecule has 2 aromatic heterocycles. The molecule has 0 aliphatic carbocycles. The summed E-state index contributed by atoms with van der Waals surface area (Å²) in [6, 6.07) is 15.8. The maximum Gasteiger partial charge on any atom is 0.417 e. The lowest BCUT2D eigenvalue weighted by molar-refractivity contribution is -0.137. The summed E-state index contributed by atoms with van der Waals surface area (Å²) in [5.41, 5.74) is 15.1. The second kappa shape index (κ2) is 8.99. The number of aromatic nitrogens is 2. The molecule has 0 saturated heterocycles. The molecule has 0 amide bonds. The third-order valence-corrected chi connectivity index (χ3v) is 6.32. The molecule has 0 fully saturated rings. The molecule has 0 aliphatic heterocycles. The van der Waals surface area contributed by atoms with E-state index in [2.05, 4.69) is 9.97 Å². The molecule has 0 spiro atoms. The highest BCUT2D eigenvalue weighted by atomic mass is 35.5. The second-order valence-corrected chi connectivity index (χ2v) is 8.53. The molecule has 2 unspecified atom stereocenters. The SMILES string of the molecule is NC(c1ccc(-c2cccs2)cc1)C(N)c1cc(-c2ccc(C(F)(F)F)c(Cl)c2)ncn1. The van der Waals surface area contributed by atoms with Gasteiger partial charge in [-0.2, -0.15) is 13.2 Å². The Kier molecular flexibility index (Phi) is 6.30. The number of nitrogens with two attached hydrogens (primary N) is 2. The average Bonchev–Trinajstić information content (AvgIpc) is 3.32. The van der Waals surface area contributed by atoms with Crippen LogP contribution in [-0.4, -0.2) is 9.97 Å². The first-order valence-electron chi connectivity index (χ1n) is 9.58. The molecule has 2 aromatic carbocycles. The van der Waals surface area contributed by atoms with Gasteiger partial charge in [-0.1, -0.05) is 48.0 Å². The fourth-order valence-electron chi connectivity index (χ4n) is 3.32. The largest absolute Gasteiger partial charge is 0.417 e. The van der Waals surface area contributed by atoms with E-state index in [0.717, 1.165) is 22.1 Å². The Morgan fingerprint density at radius 1 is 0.875 bits per heavy atom. The minimum Gasteiger partial charge on any atom is -0.322 e. The number of halogens is 4. The zero-order valence-corrected chi connectivity index (χ0v) is 18.1. The van der Waals surface area contributed by atoms with Crippen molar-refractivity contribution in [1.82, 2.24) is 9.97 Å². The van der Waals surface area contributed by atoms with Crippen LogP contribution in [0.1, 0.15) is 28.9 Å². The van der Waals surface area contributed by atoms with Crippen molar-refractivity contribution >= 4 is 22.9 Å². The van der Waals surface area contributed by atoms with E-state index in [1.807, 2.05) is 41.8 Å². The first-order valence-corrected chi connectivity index (χ1v) is 10.8. The zero-order valence-electron chi connectivity index (χ0n) is 16.6. The molecular weight excluding hydrogens is 457 g/mol. The molecule has 164 valence electrons. The first-order chi connectivity index (χ1) is 15.2. The highest BCUT2D eigenvalue weighted by Crippen LogP contribution is 2.37. The van der Waals surface area contributed by atoms with E-state index in [0.29, 0.717) is 17.0 Å². The number of hydrogen-bond donors (Lipinski definition) is 2. The second-order valence-electron chi connectivity index (χ2n) is 7.17. The predicted molar refractivity (Wildman–Crippen MR) is 121 cm³/mol. The molecule has 2 heterocycles. The van der Waals surface area contributed by atoms with Crippen LogP contribution in [0.15, 0.2) is 72.4 Å². The Morgan fingerprint density at radius 2 is 1.59 bits per heavy atom. The normalized spacial score (nSPS) is 13.7. The summed E-state index contributed by atoms with van der Waals surface area (Å²) in [6.07, 6.45) is -3.22. The molecule has 32 heavy (non-hydrogen) atoms. The minimum atomic E-state index is -4.53. The van der Waals surface area contributed by atoms with Crippen LogP contribution in [0.4, 0.5) is 13.2 Å². The monoisotopic (exact) mass is 474 g/mol. The Morgan fingerprint density at radius 3 is 2.22 bits per heavy atom. The number of benzene rings is 2. The average molecular weight is 475 g/mol. The van der Waals surface area contributed by atoms with Crippen LogP contribution in [-0.2, 0) is 6.18 Å². The molecule has 0 bridgehead atoms. The zero-order chi connectivity index (χ0) is 22.9. The molecular formula is C23H18ClF3N4S. The van der Waals surface area contributed by atoms with E-state index in [1.54, 1.807) is 17.4 Å². The van der Waals surface area contributed by atoms with Gasteiger partial charge >= 0.3 is 6.18 Å². The summed E-state index contributed by atoms with van der Waals surface area (Å²) in [6.45, 7) is 0. The fourth-order valence-corrected chi connectivity index (χ4v) is 4.34. The van der Waals surface area contributed by atoms with Gasteiger partial charge in [-0.15, -0.1) is 11.3 Å². The van der Waals surface area contributed by atoms with Crippen LogP contribution >= 0.6 is 22.9 Å². The van der Waals surface area contributed by atoms with Gasteiger partial charge in [0.05, 0.1) is 34.1 Å². The number of rotatable bonds is 5. The predicted octanol–water partition coefficient (Wildman–Crippen LogP) is 6.24. The Balaban J connectivity index is 1.57. The van der Waals surface area contributed by atoms with Crippen molar-refractivity contribution in [1.29, 1.82) is 0 Å². The molecule has 0 saturated carbocycles. The molecule has 2 atom stereocenters. The molecule has 4 N–H and O–H groups in total. The fraction of sp³-hybridized carbons (Fsp3) is 0.130. The van der Waals surface area contributed by atoms with Crippen LogP contribution in [0.3, 0.4) is 0 Å². The number of nitrogens with zero attached hydrogens (tertiary/aromatic N) is 2. The molecule has 4 aromatic rings. The third-order valence-electron chi connectivity index (χ3n) is 5.09. The molecule has 4 nitrogen and oxygen atoms in total. The number of hydrogen-bond acceptors (Lipinski definition) is 5. The van der Waals surface area contributed by atoms with Crippen LogP contribution in [0, 0.1) is 0 Å². The van der Waals surface area contributed by atoms with Crippen molar-refractivity contribution in [3.63, 3.8) is 0 Å². The molecule has 0 aliphatic rings. The smallest absolute Gasteiger partial charge is 0.322 e. The van der Waals surface area contributed by atoms with E-state index in [1.165, 1.54) is 18.5 Å². The highest BCUT2D eigenvalue weighted by molar-refractivity contribution is 7.13. The van der Waals surface area contributed by atoms with E-state index in [9.17, 15) is 13.2 Å². The van der Waals surface area contributed by atoms with Gasteiger partial charge < -0.3 is 11.5 Å². The number of thiophene rings is 1. The Hall–Kier alpha value is -2.78.